The second-order valence-corrected chi connectivity index (χ2v) is 6.53. The van der Waals surface area contributed by atoms with Crippen molar-refractivity contribution < 1.29 is 23.9 Å². The van der Waals surface area contributed by atoms with Crippen LogP contribution in [0.25, 0.3) is 0 Å². The predicted octanol–water partition coefficient (Wildman–Crippen LogP) is 2.96. The number of imide groups is 1. The lowest BCUT2D eigenvalue weighted by atomic mass is 10.0. The van der Waals surface area contributed by atoms with E-state index < -0.39 is 23.9 Å². The fourth-order valence-electron chi connectivity index (χ4n) is 3.43. The molecule has 0 saturated carbocycles. The standard InChI is InChI=1S/C21H22N4O5/c1-3-30-18-10-12(4-7-17(18)29-2)16(8-9-22)25-19(26)14-6-5-13(24-21(23)28)11-15(14)20(25)27/h4-7,9-11,16,22H,3,8H2,1-2H3,(H3,23,24,28). The Hall–Kier alpha value is -3.88. The number of nitrogens with two attached hydrogens (primary N) is 1. The minimum absolute atomic E-state index is 0.135. The molecule has 0 saturated heterocycles. The first-order valence-electron chi connectivity index (χ1n) is 9.29. The second-order valence-electron chi connectivity index (χ2n) is 6.53. The van der Waals surface area contributed by atoms with Crippen molar-refractivity contribution in [2.75, 3.05) is 19.0 Å². The summed E-state index contributed by atoms with van der Waals surface area (Å²) in [6.07, 6.45) is 1.29. The summed E-state index contributed by atoms with van der Waals surface area (Å²) in [5, 5.41) is 9.97. The van der Waals surface area contributed by atoms with E-state index in [1.807, 2.05) is 6.92 Å². The van der Waals surface area contributed by atoms with E-state index in [1.54, 1.807) is 18.2 Å². The van der Waals surface area contributed by atoms with Gasteiger partial charge in [0.25, 0.3) is 11.8 Å². The Morgan fingerprint density at radius 2 is 1.90 bits per heavy atom. The van der Waals surface area contributed by atoms with Crippen LogP contribution >= 0.6 is 0 Å². The van der Waals surface area contributed by atoms with Gasteiger partial charge in [0.1, 0.15) is 0 Å². The van der Waals surface area contributed by atoms with E-state index in [0.29, 0.717) is 29.4 Å². The molecule has 2 aromatic rings. The van der Waals surface area contributed by atoms with Crippen LogP contribution in [0.3, 0.4) is 0 Å². The first-order chi connectivity index (χ1) is 14.4. The molecule has 1 unspecified atom stereocenters. The van der Waals surface area contributed by atoms with Crippen molar-refractivity contribution in [3.05, 3.63) is 53.1 Å². The zero-order valence-corrected chi connectivity index (χ0v) is 16.6. The first kappa shape index (κ1) is 20.8. The summed E-state index contributed by atoms with van der Waals surface area (Å²) in [5.74, 6) is 0.0285. The monoisotopic (exact) mass is 410 g/mol. The van der Waals surface area contributed by atoms with Gasteiger partial charge in [0.2, 0.25) is 0 Å². The van der Waals surface area contributed by atoms with Crippen molar-refractivity contribution >= 4 is 29.7 Å². The van der Waals surface area contributed by atoms with Crippen molar-refractivity contribution in [1.29, 1.82) is 5.41 Å². The lowest BCUT2D eigenvalue weighted by Gasteiger charge is -2.26. The minimum atomic E-state index is -0.771. The molecule has 0 radical (unpaired) electrons. The van der Waals surface area contributed by atoms with Crippen LogP contribution in [0.1, 0.15) is 45.7 Å². The molecule has 30 heavy (non-hydrogen) atoms. The Balaban J connectivity index is 2.01. The molecule has 0 aromatic heterocycles. The molecular formula is C21H22N4O5. The number of ether oxygens (including phenoxy) is 2. The third-order valence-corrected chi connectivity index (χ3v) is 4.71. The highest BCUT2D eigenvalue weighted by Crippen LogP contribution is 2.37. The molecule has 9 nitrogen and oxygen atoms in total. The number of rotatable bonds is 8. The fourth-order valence-corrected chi connectivity index (χ4v) is 3.43. The number of anilines is 1. The molecule has 3 rings (SSSR count). The molecular weight excluding hydrogens is 388 g/mol. The van der Waals surface area contributed by atoms with Crippen LogP contribution < -0.4 is 20.5 Å². The van der Waals surface area contributed by atoms with Crippen molar-refractivity contribution in [3.63, 3.8) is 0 Å². The Kier molecular flexibility index (Phi) is 6.01. The van der Waals surface area contributed by atoms with Crippen molar-refractivity contribution in [1.82, 2.24) is 4.90 Å². The van der Waals surface area contributed by atoms with Gasteiger partial charge in [-0.1, -0.05) is 6.07 Å². The Labute approximate surface area is 173 Å². The van der Waals surface area contributed by atoms with Gasteiger partial charge in [0.05, 0.1) is 30.9 Å². The van der Waals surface area contributed by atoms with Crippen LogP contribution in [0.5, 0.6) is 11.5 Å². The summed E-state index contributed by atoms with van der Waals surface area (Å²) in [4.78, 5) is 38.3. The summed E-state index contributed by atoms with van der Waals surface area (Å²) in [7, 11) is 1.52. The fraction of sp³-hybridized carbons (Fsp3) is 0.238. The molecule has 1 aliphatic rings. The van der Waals surface area contributed by atoms with Crippen LogP contribution in [0.4, 0.5) is 10.5 Å². The number of carbonyl (C=O) groups is 3. The lowest BCUT2D eigenvalue weighted by Crippen LogP contribution is -2.34. The van der Waals surface area contributed by atoms with E-state index in [1.165, 1.54) is 25.3 Å². The van der Waals surface area contributed by atoms with Crippen molar-refractivity contribution in [3.8, 4) is 11.5 Å². The van der Waals surface area contributed by atoms with E-state index in [4.69, 9.17) is 20.6 Å². The smallest absolute Gasteiger partial charge is 0.316 e. The highest BCUT2D eigenvalue weighted by atomic mass is 16.5. The molecule has 1 aliphatic heterocycles. The van der Waals surface area contributed by atoms with E-state index in [2.05, 4.69) is 5.32 Å². The highest BCUT2D eigenvalue weighted by Gasteiger charge is 2.40. The van der Waals surface area contributed by atoms with Crippen LogP contribution in [0, 0.1) is 5.41 Å². The number of primary amides is 1. The maximum Gasteiger partial charge on any atom is 0.316 e. The van der Waals surface area contributed by atoms with Gasteiger partial charge in [-0.15, -0.1) is 0 Å². The normalized spacial score (nSPS) is 13.6. The molecule has 1 atom stereocenters. The van der Waals surface area contributed by atoms with Gasteiger partial charge in [0, 0.05) is 12.1 Å². The summed E-state index contributed by atoms with van der Waals surface area (Å²) < 4.78 is 10.9. The van der Waals surface area contributed by atoms with Crippen molar-refractivity contribution in [2.24, 2.45) is 5.73 Å². The molecule has 0 bridgehead atoms. The van der Waals surface area contributed by atoms with E-state index in [0.717, 1.165) is 11.1 Å². The third-order valence-electron chi connectivity index (χ3n) is 4.71. The molecule has 0 aliphatic carbocycles. The Bertz CT molecular complexity index is 1020. The quantitative estimate of drug-likeness (QED) is 0.454. The third kappa shape index (κ3) is 3.82. The number of urea groups is 1. The molecule has 1 heterocycles. The Morgan fingerprint density at radius 3 is 2.53 bits per heavy atom. The number of nitrogens with zero attached hydrogens (tertiary/aromatic N) is 1. The number of hydrogen-bond donors (Lipinski definition) is 3. The van der Waals surface area contributed by atoms with Crippen molar-refractivity contribution in [2.45, 2.75) is 19.4 Å². The minimum Gasteiger partial charge on any atom is -0.493 e. The second kappa shape index (κ2) is 8.64. The zero-order valence-electron chi connectivity index (χ0n) is 16.6. The van der Waals surface area contributed by atoms with E-state index in [9.17, 15) is 14.4 Å². The molecule has 2 aromatic carbocycles. The summed E-state index contributed by atoms with van der Waals surface area (Å²) >= 11 is 0. The molecule has 9 heteroatoms. The number of methoxy groups -OCH3 is 1. The van der Waals surface area contributed by atoms with Crippen LogP contribution in [-0.4, -0.2) is 42.7 Å². The van der Waals surface area contributed by atoms with Gasteiger partial charge in [0.15, 0.2) is 11.5 Å². The van der Waals surface area contributed by atoms with Gasteiger partial charge in [-0.3, -0.25) is 14.5 Å². The molecule has 0 spiro atoms. The average Bonchev–Trinajstić information content (AvgIpc) is 2.96. The summed E-state index contributed by atoms with van der Waals surface area (Å²) in [6.45, 7) is 2.25. The largest absolute Gasteiger partial charge is 0.493 e. The highest BCUT2D eigenvalue weighted by molar-refractivity contribution is 6.22. The van der Waals surface area contributed by atoms with Gasteiger partial charge in [-0.25, -0.2) is 4.79 Å². The number of nitrogens with one attached hydrogen (secondary N) is 2. The summed E-state index contributed by atoms with van der Waals surface area (Å²) in [5.41, 5.74) is 6.47. The van der Waals surface area contributed by atoms with Crippen LogP contribution in [0.2, 0.25) is 0 Å². The van der Waals surface area contributed by atoms with Gasteiger partial charge >= 0.3 is 6.03 Å². The predicted molar refractivity (Wildman–Crippen MR) is 110 cm³/mol. The number of amides is 4. The van der Waals surface area contributed by atoms with Crippen LogP contribution in [0.15, 0.2) is 36.4 Å². The van der Waals surface area contributed by atoms with Gasteiger partial charge < -0.3 is 25.9 Å². The molecule has 4 N–H and O–H groups in total. The van der Waals surface area contributed by atoms with E-state index in [-0.39, 0.29) is 17.5 Å². The number of hydrogen-bond acceptors (Lipinski definition) is 6. The number of fused-ring (bicyclic) bond motifs is 1. The average molecular weight is 410 g/mol. The zero-order chi connectivity index (χ0) is 21.8. The first-order valence-corrected chi connectivity index (χ1v) is 9.29. The maximum absolute atomic E-state index is 13.1. The van der Waals surface area contributed by atoms with Gasteiger partial charge in [-0.05, 0) is 49.0 Å². The SMILES string of the molecule is CCOc1cc(C(CC=N)N2C(=O)c3ccc(NC(N)=O)cc3C2=O)ccc1OC. The molecule has 156 valence electrons. The number of carbonyl (C=O) groups excluding carboxylic acids is 3. The number of benzene rings is 2. The summed E-state index contributed by atoms with van der Waals surface area (Å²) in [6, 6.07) is 8.07. The topological polar surface area (TPSA) is 135 Å². The van der Waals surface area contributed by atoms with Crippen LogP contribution in [-0.2, 0) is 0 Å². The van der Waals surface area contributed by atoms with E-state index >= 15 is 0 Å². The van der Waals surface area contributed by atoms with Gasteiger partial charge in [-0.2, -0.15) is 0 Å². The maximum atomic E-state index is 13.1. The lowest BCUT2D eigenvalue weighted by molar-refractivity contribution is 0.0587. The molecule has 0 fully saturated rings. The Morgan fingerprint density at radius 1 is 1.17 bits per heavy atom. The molecule has 4 amide bonds.